The Labute approximate surface area is 87.6 Å². The van der Waals surface area contributed by atoms with E-state index in [9.17, 15) is 0 Å². The molecule has 0 bridgehead atoms. The molecule has 1 aromatic rings. The van der Waals surface area contributed by atoms with Gasteiger partial charge in [-0.3, -0.25) is 0 Å². The fraction of sp³-hybridized carbons (Fsp3) is 0.333. The van der Waals surface area contributed by atoms with Crippen LogP contribution in [0.5, 0.6) is 0 Å². The molecule has 0 aliphatic carbocycles. The molecule has 0 unspecified atom stereocenters. The van der Waals surface area contributed by atoms with Crippen LogP contribution < -0.4 is 5.73 Å². The topological polar surface area (TPSA) is 35.2 Å². The average molecular weight is 220 g/mol. The second-order valence-electron chi connectivity index (χ2n) is 2.63. The lowest BCUT2D eigenvalue weighted by atomic mass is 10.1. The van der Waals surface area contributed by atoms with Gasteiger partial charge in [0.15, 0.2) is 0 Å². The van der Waals surface area contributed by atoms with E-state index in [1.165, 1.54) is 0 Å². The number of nitrogens with two attached hydrogens (primary N) is 1. The predicted octanol–water partition coefficient (Wildman–Crippen LogP) is 2.64. The highest BCUT2D eigenvalue weighted by Gasteiger charge is 2.11. The molecule has 0 aliphatic heterocycles. The smallest absolute Gasteiger partial charge is 0.0957 e. The van der Waals surface area contributed by atoms with Gasteiger partial charge in [0.05, 0.1) is 6.10 Å². The van der Waals surface area contributed by atoms with Crippen LogP contribution >= 0.6 is 23.2 Å². The Morgan fingerprint density at radius 2 is 2.15 bits per heavy atom. The molecular formula is C9H11Cl2NO. The maximum absolute atomic E-state index is 5.96. The quantitative estimate of drug-likeness (QED) is 0.849. The maximum atomic E-state index is 5.96. The number of hydrogen-bond acceptors (Lipinski definition) is 2. The van der Waals surface area contributed by atoms with Gasteiger partial charge >= 0.3 is 0 Å². The van der Waals surface area contributed by atoms with Gasteiger partial charge in [0.2, 0.25) is 0 Å². The summed E-state index contributed by atoms with van der Waals surface area (Å²) in [6.07, 6.45) is -0.162. The monoisotopic (exact) mass is 219 g/mol. The van der Waals surface area contributed by atoms with Crippen molar-refractivity contribution < 1.29 is 4.74 Å². The summed E-state index contributed by atoms with van der Waals surface area (Å²) in [5, 5.41) is 1.20. The maximum Gasteiger partial charge on any atom is 0.0957 e. The standard InChI is InChI=1S/C9H11Cl2NO/c1-13-9(5-12)7-3-2-6(10)4-8(7)11/h2-4,9H,5,12H2,1H3/t9-/m1/s1. The minimum Gasteiger partial charge on any atom is -0.375 e. The zero-order chi connectivity index (χ0) is 9.84. The van der Waals surface area contributed by atoms with Crippen molar-refractivity contribution >= 4 is 23.2 Å². The molecule has 2 nitrogen and oxygen atoms in total. The minimum absolute atomic E-state index is 0.162. The highest BCUT2D eigenvalue weighted by molar-refractivity contribution is 6.35. The van der Waals surface area contributed by atoms with E-state index in [4.69, 9.17) is 33.7 Å². The lowest BCUT2D eigenvalue weighted by molar-refractivity contribution is 0.110. The molecule has 0 fully saturated rings. The molecule has 0 saturated carbocycles. The predicted molar refractivity (Wildman–Crippen MR) is 55.3 cm³/mol. The van der Waals surface area contributed by atoms with Gasteiger partial charge in [0.25, 0.3) is 0 Å². The van der Waals surface area contributed by atoms with E-state index in [1.807, 2.05) is 6.07 Å². The van der Waals surface area contributed by atoms with Crippen molar-refractivity contribution in [3.05, 3.63) is 33.8 Å². The van der Waals surface area contributed by atoms with Crippen molar-refractivity contribution in [1.29, 1.82) is 0 Å². The van der Waals surface area contributed by atoms with E-state index >= 15 is 0 Å². The molecule has 0 saturated heterocycles. The molecule has 0 heterocycles. The molecular weight excluding hydrogens is 209 g/mol. The number of halogens is 2. The summed E-state index contributed by atoms with van der Waals surface area (Å²) < 4.78 is 5.15. The number of hydrogen-bond donors (Lipinski definition) is 1. The van der Waals surface area contributed by atoms with Gasteiger partial charge in [-0.15, -0.1) is 0 Å². The third kappa shape index (κ3) is 2.58. The van der Waals surface area contributed by atoms with Crippen LogP contribution in [0.15, 0.2) is 18.2 Å². The first-order chi connectivity index (χ1) is 6.19. The summed E-state index contributed by atoms with van der Waals surface area (Å²) in [5.41, 5.74) is 6.38. The SMILES string of the molecule is CO[C@H](CN)c1ccc(Cl)cc1Cl. The normalized spacial score (nSPS) is 12.9. The fourth-order valence-corrected chi connectivity index (χ4v) is 1.64. The molecule has 0 radical (unpaired) electrons. The van der Waals surface area contributed by atoms with Gasteiger partial charge in [-0.2, -0.15) is 0 Å². The summed E-state index contributed by atoms with van der Waals surface area (Å²) in [4.78, 5) is 0. The van der Waals surface area contributed by atoms with Crippen LogP contribution in [0.1, 0.15) is 11.7 Å². The van der Waals surface area contributed by atoms with Crippen LogP contribution in [0.25, 0.3) is 0 Å². The Kier molecular flexibility index (Phi) is 4.00. The summed E-state index contributed by atoms with van der Waals surface area (Å²) in [6.45, 7) is 0.401. The zero-order valence-corrected chi connectivity index (χ0v) is 8.77. The van der Waals surface area contributed by atoms with E-state index in [0.29, 0.717) is 16.6 Å². The summed E-state index contributed by atoms with van der Waals surface area (Å²) in [7, 11) is 1.60. The zero-order valence-electron chi connectivity index (χ0n) is 7.26. The molecule has 2 N–H and O–H groups in total. The third-order valence-electron chi connectivity index (χ3n) is 1.81. The molecule has 0 spiro atoms. The summed E-state index contributed by atoms with van der Waals surface area (Å²) in [5.74, 6) is 0. The first-order valence-electron chi connectivity index (χ1n) is 3.87. The van der Waals surface area contributed by atoms with Gasteiger partial charge in [0, 0.05) is 29.3 Å². The Morgan fingerprint density at radius 1 is 1.46 bits per heavy atom. The fourth-order valence-electron chi connectivity index (χ4n) is 1.11. The van der Waals surface area contributed by atoms with Crippen molar-refractivity contribution in [2.75, 3.05) is 13.7 Å². The van der Waals surface area contributed by atoms with Crippen molar-refractivity contribution in [2.24, 2.45) is 5.73 Å². The molecule has 0 aromatic heterocycles. The third-order valence-corrected chi connectivity index (χ3v) is 2.37. The van der Waals surface area contributed by atoms with Crippen LogP contribution in [0.4, 0.5) is 0 Å². The van der Waals surface area contributed by atoms with E-state index in [1.54, 1.807) is 19.2 Å². The number of ether oxygens (including phenoxy) is 1. The Bertz CT molecular complexity index is 287. The lowest BCUT2D eigenvalue weighted by Crippen LogP contribution is -2.14. The van der Waals surface area contributed by atoms with Gasteiger partial charge in [-0.05, 0) is 12.1 Å². The molecule has 13 heavy (non-hydrogen) atoms. The van der Waals surface area contributed by atoms with Gasteiger partial charge in [-0.1, -0.05) is 29.3 Å². The van der Waals surface area contributed by atoms with E-state index in [2.05, 4.69) is 0 Å². The minimum atomic E-state index is -0.162. The molecule has 1 aromatic carbocycles. The first kappa shape index (κ1) is 10.8. The van der Waals surface area contributed by atoms with Crippen LogP contribution in [0, 0.1) is 0 Å². The lowest BCUT2D eigenvalue weighted by Gasteiger charge is -2.14. The molecule has 4 heteroatoms. The molecule has 72 valence electrons. The average Bonchev–Trinajstić information content (AvgIpc) is 2.10. The first-order valence-corrected chi connectivity index (χ1v) is 4.62. The van der Waals surface area contributed by atoms with Gasteiger partial charge < -0.3 is 10.5 Å². The Balaban J connectivity index is 2.99. The van der Waals surface area contributed by atoms with Crippen LogP contribution in [0.2, 0.25) is 10.0 Å². The van der Waals surface area contributed by atoms with Gasteiger partial charge in [0.1, 0.15) is 0 Å². The number of rotatable bonds is 3. The van der Waals surface area contributed by atoms with Crippen LogP contribution in [-0.4, -0.2) is 13.7 Å². The van der Waals surface area contributed by atoms with Crippen molar-refractivity contribution in [3.8, 4) is 0 Å². The number of methoxy groups -OCH3 is 1. The van der Waals surface area contributed by atoms with Crippen molar-refractivity contribution in [1.82, 2.24) is 0 Å². The van der Waals surface area contributed by atoms with Gasteiger partial charge in [-0.25, -0.2) is 0 Å². The Morgan fingerprint density at radius 3 is 2.62 bits per heavy atom. The molecule has 0 amide bonds. The summed E-state index contributed by atoms with van der Waals surface area (Å²) >= 11 is 11.7. The van der Waals surface area contributed by atoms with E-state index < -0.39 is 0 Å². The largest absolute Gasteiger partial charge is 0.375 e. The Hall–Kier alpha value is -0.280. The van der Waals surface area contributed by atoms with Crippen LogP contribution in [0.3, 0.4) is 0 Å². The summed E-state index contributed by atoms with van der Waals surface area (Å²) in [6, 6.07) is 5.27. The highest BCUT2D eigenvalue weighted by Crippen LogP contribution is 2.27. The second-order valence-corrected chi connectivity index (χ2v) is 3.47. The van der Waals surface area contributed by atoms with E-state index in [-0.39, 0.29) is 6.10 Å². The molecule has 1 rings (SSSR count). The second kappa shape index (κ2) is 4.82. The number of benzene rings is 1. The molecule has 1 atom stereocenters. The van der Waals surface area contributed by atoms with Crippen molar-refractivity contribution in [2.45, 2.75) is 6.10 Å². The van der Waals surface area contributed by atoms with E-state index in [0.717, 1.165) is 5.56 Å². The highest BCUT2D eigenvalue weighted by atomic mass is 35.5. The van der Waals surface area contributed by atoms with Crippen LogP contribution in [-0.2, 0) is 4.74 Å². The van der Waals surface area contributed by atoms with Crippen molar-refractivity contribution in [3.63, 3.8) is 0 Å². The molecule has 0 aliphatic rings.